The predicted octanol–water partition coefficient (Wildman–Crippen LogP) is 4.69. The number of rotatable bonds is 13. The van der Waals surface area contributed by atoms with Crippen LogP contribution in [0.5, 0.6) is 0 Å². The van der Waals surface area contributed by atoms with E-state index in [0.717, 1.165) is 18.7 Å². The fourth-order valence-corrected chi connectivity index (χ4v) is 2.75. The first-order valence-electron chi connectivity index (χ1n) is 8.98. The molecule has 1 rings (SSSR count). The van der Waals surface area contributed by atoms with Gasteiger partial charge in [0.15, 0.2) is 0 Å². The molecule has 0 fully saturated rings. The highest BCUT2D eigenvalue weighted by molar-refractivity contribution is 4.98. The number of unbranched alkanes of at least 4 members (excludes halogenated alkanes) is 9. The summed E-state index contributed by atoms with van der Waals surface area (Å²) in [6.07, 6.45) is 18.9. The number of nitrogens with two attached hydrogens (primary N) is 1. The third kappa shape index (κ3) is 9.67. The Hall–Kier alpha value is -0.830. The number of hydrogen-bond acceptors (Lipinski definition) is 2. The number of aromatic nitrogens is 2. The normalized spacial score (nSPS) is 12.7. The quantitative estimate of drug-likeness (QED) is 0.536. The first kappa shape index (κ1) is 18.2. The molecule has 0 spiro atoms. The van der Waals surface area contributed by atoms with Crippen molar-refractivity contribution in [2.24, 2.45) is 5.73 Å². The maximum Gasteiger partial charge on any atom is 0.0949 e. The minimum absolute atomic E-state index is 0.200. The van der Waals surface area contributed by atoms with Crippen LogP contribution in [0, 0.1) is 0 Å². The van der Waals surface area contributed by atoms with Gasteiger partial charge in [0.1, 0.15) is 0 Å². The summed E-state index contributed by atoms with van der Waals surface area (Å²) in [5.41, 5.74) is 6.91. The fraction of sp³-hybridized carbons (Fsp3) is 0.833. The van der Waals surface area contributed by atoms with Gasteiger partial charge >= 0.3 is 0 Å². The van der Waals surface area contributed by atoms with Gasteiger partial charge in [-0.2, -0.15) is 0 Å². The first-order chi connectivity index (χ1) is 10.2. The molecule has 0 aromatic carbocycles. The molecular formula is C18H35N3. The lowest BCUT2D eigenvalue weighted by Crippen LogP contribution is -2.17. The Morgan fingerprint density at radius 1 is 1.00 bits per heavy atom. The summed E-state index contributed by atoms with van der Waals surface area (Å²) in [4.78, 5) is 4.40. The van der Waals surface area contributed by atoms with Crippen molar-refractivity contribution in [3.8, 4) is 0 Å². The number of hydrogen-bond donors (Lipinski definition) is 1. The highest BCUT2D eigenvalue weighted by atomic mass is 15.0. The van der Waals surface area contributed by atoms with E-state index in [9.17, 15) is 0 Å². The van der Waals surface area contributed by atoms with E-state index in [-0.39, 0.29) is 6.04 Å². The molecule has 1 atom stereocenters. The summed E-state index contributed by atoms with van der Waals surface area (Å²) >= 11 is 0. The Labute approximate surface area is 131 Å². The van der Waals surface area contributed by atoms with Crippen molar-refractivity contribution in [3.63, 3.8) is 0 Å². The molecule has 21 heavy (non-hydrogen) atoms. The molecule has 0 aliphatic carbocycles. The van der Waals surface area contributed by atoms with Gasteiger partial charge in [-0.05, 0) is 13.3 Å². The molecule has 2 N–H and O–H groups in total. The van der Waals surface area contributed by atoms with Gasteiger partial charge in [-0.1, -0.05) is 64.7 Å². The zero-order valence-electron chi connectivity index (χ0n) is 14.2. The third-order valence-electron chi connectivity index (χ3n) is 3.99. The number of nitrogens with zero attached hydrogens (tertiary/aromatic N) is 2. The smallest absolute Gasteiger partial charge is 0.0949 e. The van der Waals surface area contributed by atoms with Crippen LogP contribution in [-0.4, -0.2) is 15.6 Å². The molecule has 1 unspecified atom stereocenters. The largest absolute Gasteiger partial charge is 0.337 e. The van der Waals surface area contributed by atoms with Gasteiger partial charge in [-0.15, -0.1) is 0 Å². The highest BCUT2D eigenvalue weighted by Crippen LogP contribution is 2.11. The molecule has 1 heterocycles. The van der Waals surface area contributed by atoms with Crippen LogP contribution >= 0.6 is 0 Å². The standard InChI is InChI=1S/C18H35N3/c1-3-4-5-6-7-8-9-10-11-12-13-21-15-18(20-16-21)14-17(2)19/h15-17H,3-14,19H2,1-2H3. The van der Waals surface area contributed by atoms with E-state index < -0.39 is 0 Å². The summed E-state index contributed by atoms with van der Waals surface area (Å²) in [5, 5.41) is 0. The monoisotopic (exact) mass is 293 g/mol. The maximum atomic E-state index is 5.79. The Balaban J connectivity index is 1.93. The van der Waals surface area contributed by atoms with Gasteiger partial charge in [0.05, 0.1) is 12.0 Å². The van der Waals surface area contributed by atoms with Crippen molar-refractivity contribution in [2.45, 2.75) is 97.1 Å². The van der Waals surface area contributed by atoms with E-state index >= 15 is 0 Å². The molecule has 0 aliphatic rings. The first-order valence-corrected chi connectivity index (χ1v) is 8.98. The lowest BCUT2D eigenvalue weighted by molar-refractivity contribution is 0.534. The number of imidazole rings is 1. The third-order valence-corrected chi connectivity index (χ3v) is 3.99. The van der Waals surface area contributed by atoms with Crippen molar-refractivity contribution < 1.29 is 0 Å². The molecule has 0 saturated heterocycles. The van der Waals surface area contributed by atoms with Crippen molar-refractivity contribution in [1.82, 2.24) is 9.55 Å². The number of aryl methyl sites for hydroxylation is 1. The Morgan fingerprint density at radius 3 is 2.14 bits per heavy atom. The summed E-state index contributed by atoms with van der Waals surface area (Å²) in [6.45, 7) is 5.41. The highest BCUT2D eigenvalue weighted by Gasteiger charge is 2.01. The van der Waals surface area contributed by atoms with Crippen LogP contribution in [0.15, 0.2) is 12.5 Å². The molecule has 0 saturated carbocycles. The Kier molecular flexibility index (Phi) is 10.2. The van der Waals surface area contributed by atoms with Gasteiger partial charge in [0.25, 0.3) is 0 Å². The van der Waals surface area contributed by atoms with Crippen LogP contribution in [0.2, 0.25) is 0 Å². The summed E-state index contributed by atoms with van der Waals surface area (Å²) < 4.78 is 2.21. The van der Waals surface area contributed by atoms with E-state index in [0.29, 0.717) is 0 Å². The molecule has 0 bridgehead atoms. The fourth-order valence-electron chi connectivity index (χ4n) is 2.75. The van der Waals surface area contributed by atoms with Crippen LogP contribution < -0.4 is 5.73 Å². The van der Waals surface area contributed by atoms with E-state index in [1.165, 1.54) is 64.2 Å². The maximum absolute atomic E-state index is 5.79. The second kappa shape index (κ2) is 11.8. The van der Waals surface area contributed by atoms with Crippen LogP contribution in [0.25, 0.3) is 0 Å². The van der Waals surface area contributed by atoms with E-state index in [2.05, 4.69) is 22.7 Å². The van der Waals surface area contributed by atoms with Crippen LogP contribution in [-0.2, 0) is 13.0 Å². The molecule has 3 nitrogen and oxygen atoms in total. The lowest BCUT2D eigenvalue weighted by Gasteiger charge is -2.03. The van der Waals surface area contributed by atoms with Crippen LogP contribution in [0.4, 0.5) is 0 Å². The second-order valence-corrected chi connectivity index (χ2v) is 6.47. The van der Waals surface area contributed by atoms with Gasteiger partial charge in [-0.25, -0.2) is 4.98 Å². The minimum Gasteiger partial charge on any atom is -0.337 e. The van der Waals surface area contributed by atoms with E-state index in [4.69, 9.17) is 5.73 Å². The van der Waals surface area contributed by atoms with Gasteiger partial charge in [0.2, 0.25) is 0 Å². The van der Waals surface area contributed by atoms with Gasteiger partial charge in [0, 0.05) is 25.2 Å². The van der Waals surface area contributed by atoms with Crippen LogP contribution in [0.1, 0.15) is 83.7 Å². The van der Waals surface area contributed by atoms with Crippen LogP contribution in [0.3, 0.4) is 0 Å². The van der Waals surface area contributed by atoms with E-state index in [1.54, 1.807) is 0 Å². The molecular weight excluding hydrogens is 258 g/mol. The van der Waals surface area contributed by atoms with Crippen molar-refractivity contribution in [3.05, 3.63) is 18.2 Å². The van der Waals surface area contributed by atoms with Crippen molar-refractivity contribution in [1.29, 1.82) is 0 Å². The van der Waals surface area contributed by atoms with E-state index in [1.807, 2.05) is 13.3 Å². The molecule has 0 aliphatic heterocycles. The average molecular weight is 293 g/mol. The summed E-state index contributed by atoms with van der Waals surface area (Å²) in [6, 6.07) is 0.200. The van der Waals surface area contributed by atoms with Crippen molar-refractivity contribution >= 4 is 0 Å². The van der Waals surface area contributed by atoms with Gasteiger partial charge < -0.3 is 10.3 Å². The lowest BCUT2D eigenvalue weighted by atomic mass is 10.1. The van der Waals surface area contributed by atoms with Gasteiger partial charge in [-0.3, -0.25) is 0 Å². The van der Waals surface area contributed by atoms with Crippen molar-refractivity contribution in [2.75, 3.05) is 0 Å². The SMILES string of the molecule is CCCCCCCCCCCCn1cnc(CC(C)N)c1. The minimum atomic E-state index is 0.200. The zero-order chi connectivity index (χ0) is 15.3. The molecule has 1 aromatic rings. The average Bonchev–Trinajstić information content (AvgIpc) is 2.87. The zero-order valence-corrected chi connectivity index (χ0v) is 14.2. The topological polar surface area (TPSA) is 43.8 Å². The Morgan fingerprint density at radius 2 is 1.57 bits per heavy atom. The summed E-state index contributed by atoms with van der Waals surface area (Å²) in [7, 11) is 0. The molecule has 3 heteroatoms. The molecule has 0 amide bonds. The molecule has 0 radical (unpaired) electrons. The molecule has 1 aromatic heterocycles. The predicted molar refractivity (Wildman–Crippen MR) is 91.4 cm³/mol. The second-order valence-electron chi connectivity index (χ2n) is 6.47. The molecule has 122 valence electrons. The Bertz CT molecular complexity index is 344. The summed E-state index contributed by atoms with van der Waals surface area (Å²) in [5.74, 6) is 0.